The lowest BCUT2D eigenvalue weighted by molar-refractivity contribution is 1.14. The third kappa shape index (κ3) is 2.72. The Bertz CT molecular complexity index is 773. The minimum Gasteiger partial charge on any atom is -0.370 e. The molecule has 0 atom stereocenters. The van der Waals surface area contributed by atoms with E-state index in [0.717, 1.165) is 34.7 Å². The lowest BCUT2D eigenvalue weighted by Crippen LogP contribution is -2.03. The molecule has 0 saturated heterocycles. The molecule has 0 bridgehead atoms. The number of nitrogens with one attached hydrogen (secondary N) is 1. The van der Waals surface area contributed by atoms with Crippen LogP contribution in [-0.4, -0.2) is 16.5 Å². The van der Waals surface area contributed by atoms with Gasteiger partial charge in [0.05, 0.1) is 5.52 Å². The van der Waals surface area contributed by atoms with Gasteiger partial charge in [0.25, 0.3) is 0 Å². The molecule has 106 valence electrons. The molecule has 0 aliphatic carbocycles. The van der Waals surface area contributed by atoms with Crippen LogP contribution < -0.4 is 5.32 Å². The Hall–Kier alpha value is -2.42. The van der Waals surface area contributed by atoms with Crippen LogP contribution in [0.15, 0.2) is 42.5 Å². The van der Waals surface area contributed by atoms with Gasteiger partial charge in [-0.05, 0) is 45.0 Å². The standard InChI is InChI=1S/C18H19N3/c1-4-19-18-15-7-5-6-8-16(15)20-17(21-18)14-10-12(2)9-13(3)11-14/h5-11H,4H2,1-3H3,(H,19,20,21). The monoisotopic (exact) mass is 277 g/mol. The summed E-state index contributed by atoms with van der Waals surface area (Å²) in [4.78, 5) is 9.44. The van der Waals surface area contributed by atoms with Gasteiger partial charge in [0.2, 0.25) is 0 Å². The molecule has 0 spiro atoms. The lowest BCUT2D eigenvalue weighted by Gasteiger charge is -2.10. The van der Waals surface area contributed by atoms with Gasteiger partial charge in [-0.3, -0.25) is 0 Å². The summed E-state index contributed by atoms with van der Waals surface area (Å²) in [6.07, 6.45) is 0. The summed E-state index contributed by atoms with van der Waals surface area (Å²) >= 11 is 0. The molecule has 0 saturated carbocycles. The average Bonchev–Trinajstić information content (AvgIpc) is 2.46. The third-order valence-electron chi connectivity index (χ3n) is 3.43. The molecule has 1 N–H and O–H groups in total. The van der Waals surface area contributed by atoms with Crippen molar-refractivity contribution >= 4 is 16.7 Å². The second-order valence-electron chi connectivity index (χ2n) is 5.32. The molecular weight excluding hydrogens is 258 g/mol. The fraction of sp³-hybridized carbons (Fsp3) is 0.222. The third-order valence-corrected chi connectivity index (χ3v) is 3.43. The molecule has 21 heavy (non-hydrogen) atoms. The van der Waals surface area contributed by atoms with Crippen LogP contribution in [0, 0.1) is 13.8 Å². The van der Waals surface area contributed by atoms with E-state index in [-0.39, 0.29) is 0 Å². The van der Waals surface area contributed by atoms with E-state index in [4.69, 9.17) is 9.97 Å². The zero-order valence-corrected chi connectivity index (χ0v) is 12.6. The van der Waals surface area contributed by atoms with E-state index in [1.54, 1.807) is 0 Å². The van der Waals surface area contributed by atoms with Crippen molar-refractivity contribution in [1.82, 2.24) is 9.97 Å². The van der Waals surface area contributed by atoms with Crippen molar-refractivity contribution in [3.8, 4) is 11.4 Å². The van der Waals surface area contributed by atoms with Crippen molar-refractivity contribution in [2.45, 2.75) is 20.8 Å². The highest BCUT2D eigenvalue weighted by Crippen LogP contribution is 2.25. The number of aryl methyl sites for hydroxylation is 2. The van der Waals surface area contributed by atoms with Crippen molar-refractivity contribution in [1.29, 1.82) is 0 Å². The molecule has 0 unspecified atom stereocenters. The molecular formula is C18H19N3. The molecule has 0 radical (unpaired) electrons. The fourth-order valence-electron chi connectivity index (χ4n) is 2.61. The predicted molar refractivity (Wildman–Crippen MR) is 88.6 cm³/mol. The predicted octanol–water partition coefficient (Wildman–Crippen LogP) is 4.35. The molecule has 0 aliphatic rings. The van der Waals surface area contributed by atoms with E-state index >= 15 is 0 Å². The van der Waals surface area contributed by atoms with Gasteiger partial charge < -0.3 is 5.32 Å². The smallest absolute Gasteiger partial charge is 0.162 e. The largest absolute Gasteiger partial charge is 0.370 e. The first-order valence-corrected chi connectivity index (χ1v) is 7.26. The Morgan fingerprint density at radius 3 is 2.38 bits per heavy atom. The van der Waals surface area contributed by atoms with Crippen LogP contribution in [-0.2, 0) is 0 Å². The molecule has 2 aromatic carbocycles. The van der Waals surface area contributed by atoms with Crippen LogP contribution in [0.25, 0.3) is 22.3 Å². The average molecular weight is 277 g/mol. The molecule has 0 amide bonds. The van der Waals surface area contributed by atoms with Crippen LogP contribution in [0.3, 0.4) is 0 Å². The summed E-state index contributed by atoms with van der Waals surface area (Å²) in [5.74, 6) is 1.67. The topological polar surface area (TPSA) is 37.8 Å². The van der Waals surface area contributed by atoms with Crippen molar-refractivity contribution < 1.29 is 0 Å². The summed E-state index contributed by atoms with van der Waals surface area (Å²) in [5.41, 5.74) is 4.49. The van der Waals surface area contributed by atoms with Crippen LogP contribution >= 0.6 is 0 Å². The maximum absolute atomic E-state index is 4.72. The van der Waals surface area contributed by atoms with Gasteiger partial charge in [0, 0.05) is 17.5 Å². The number of rotatable bonds is 3. The first-order valence-electron chi connectivity index (χ1n) is 7.26. The van der Waals surface area contributed by atoms with Crippen molar-refractivity contribution in [3.05, 3.63) is 53.6 Å². The Balaban J connectivity index is 2.22. The van der Waals surface area contributed by atoms with Gasteiger partial charge in [-0.25, -0.2) is 9.97 Å². The highest BCUT2D eigenvalue weighted by molar-refractivity contribution is 5.90. The van der Waals surface area contributed by atoms with Gasteiger partial charge >= 0.3 is 0 Å². The van der Waals surface area contributed by atoms with Gasteiger partial charge in [0.15, 0.2) is 5.82 Å². The molecule has 3 heteroatoms. The summed E-state index contributed by atoms with van der Waals surface area (Å²) < 4.78 is 0. The zero-order chi connectivity index (χ0) is 14.8. The summed E-state index contributed by atoms with van der Waals surface area (Å²) in [5, 5.41) is 4.40. The number of hydrogen-bond acceptors (Lipinski definition) is 3. The second kappa shape index (κ2) is 5.52. The number of hydrogen-bond donors (Lipinski definition) is 1. The van der Waals surface area contributed by atoms with Gasteiger partial charge in [-0.1, -0.05) is 29.3 Å². The van der Waals surface area contributed by atoms with E-state index in [0.29, 0.717) is 0 Å². The number of benzene rings is 2. The normalized spacial score (nSPS) is 10.8. The van der Waals surface area contributed by atoms with Gasteiger partial charge in [-0.2, -0.15) is 0 Å². The van der Waals surface area contributed by atoms with Crippen molar-refractivity contribution in [2.24, 2.45) is 0 Å². The Morgan fingerprint density at radius 1 is 0.952 bits per heavy atom. The first kappa shape index (κ1) is 13.6. The first-order chi connectivity index (χ1) is 10.2. The highest BCUT2D eigenvalue weighted by Gasteiger charge is 2.09. The van der Waals surface area contributed by atoms with Crippen LogP contribution in [0.2, 0.25) is 0 Å². The summed E-state index contributed by atoms with van der Waals surface area (Å²) in [7, 11) is 0. The van der Waals surface area contributed by atoms with Crippen LogP contribution in [0.4, 0.5) is 5.82 Å². The van der Waals surface area contributed by atoms with Crippen molar-refractivity contribution in [2.75, 3.05) is 11.9 Å². The van der Waals surface area contributed by atoms with E-state index in [1.165, 1.54) is 11.1 Å². The molecule has 3 nitrogen and oxygen atoms in total. The van der Waals surface area contributed by atoms with E-state index < -0.39 is 0 Å². The minimum absolute atomic E-state index is 0.774. The number of anilines is 1. The number of aromatic nitrogens is 2. The number of fused-ring (bicyclic) bond motifs is 1. The Labute approximate surface area is 125 Å². The SMILES string of the molecule is CCNc1nc(-c2cc(C)cc(C)c2)nc2ccccc12. The Morgan fingerprint density at radius 2 is 1.67 bits per heavy atom. The maximum atomic E-state index is 4.72. The summed E-state index contributed by atoms with van der Waals surface area (Å²) in [6.45, 7) is 7.12. The lowest BCUT2D eigenvalue weighted by atomic mass is 10.1. The zero-order valence-electron chi connectivity index (χ0n) is 12.6. The molecule has 1 heterocycles. The van der Waals surface area contributed by atoms with Crippen LogP contribution in [0.1, 0.15) is 18.1 Å². The number of para-hydroxylation sites is 1. The Kier molecular flexibility index (Phi) is 3.57. The van der Waals surface area contributed by atoms with Gasteiger partial charge in [0.1, 0.15) is 5.82 Å². The second-order valence-corrected chi connectivity index (χ2v) is 5.32. The molecule has 3 aromatic rings. The maximum Gasteiger partial charge on any atom is 0.162 e. The van der Waals surface area contributed by atoms with E-state index in [9.17, 15) is 0 Å². The van der Waals surface area contributed by atoms with Crippen molar-refractivity contribution in [3.63, 3.8) is 0 Å². The quantitative estimate of drug-likeness (QED) is 0.773. The fourth-order valence-corrected chi connectivity index (χ4v) is 2.61. The van der Waals surface area contributed by atoms with Gasteiger partial charge in [-0.15, -0.1) is 0 Å². The summed E-state index contributed by atoms with van der Waals surface area (Å²) in [6, 6.07) is 14.5. The van der Waals surface area contributed by atoms with E-state index in [1.807, 2.05) is 18.2 Å². The van der Waals surface area contributed by atoms with Crippen LogP contribution in [0.5, 0.6) is 0 Å². The minimum atomic E-state index is 0.774. The van der Waals surface area contributed by atoms with E-state index in [2.05, 4.69) is 50.4 Å². The highest BCUT2D eigenvalue weighted by atomic mass is 15.0. The molecule has 0 fully saturated rings. The molecule has 1 aromatic heterocycles. The number of nitrogens with zero attached hydrogens (tertiary/aromatic N) is 2. The molecule has 0 aliphatic heterocycles. The molecule has 3 rings (SSSR count).